The van der Waals surface area contributed by atoms with Crippen molar-refractivity contribution in [3.05, 3.63) is 34.9 Å². The minimum Gasteiger partial charge on any atom is -0.308 e. The number of Topliss-reactive ketones (excluding diaryl/α,β-unsaturated/α-hetero) is 1. The van der Waals surface area contributed by atoms with Gasteiger partial charge in [-0.2, -0.15) is 0 Å². The van der Waals surface area contributed by atoms with Crippen LogP contribution in [0.2, 0.25) is 0 Å². The first kappa shape index (κ1) is 16.9. The zero-order chi connectivity index (χ0) is 15.1. The molecular weight excluding hydrogens is 248 g/mol. The van der Waals surface area contributed by atoms with Gasteiger partial charge in [-0.05, 0) is 58.1 Å². The van der Waals surface area contributed by atoms with Crippen LogP contribution in [0.25, 0.3) is 0 Å². The van der Waals surface area contributed by atoms with Crippen LogP contribution in [-0.4, -0.2) is 55.9 Å². The normalized spacial score (nSPS) is 11.3. The molecule has 20 heavy (non-hydrogen) atoms. The van der Waals surface area contributed by atoms with Gasteiger partial charge in [0.2, 0.25) is 0 Å². The number of aryl methyl sites for hydroxylation is 2. The molecule has 0 aliphatic heterocycles. The SMILES string of the molecule is CCCN(CCN(C)C)CC(=O)c1ccc(C)c(C)c1. The average molecular weight is 276 g/mol. The first-order chi connectivity index (χ1) is 9.43. The van der Waals surface area contributed by atoms with Gasteiger partial charge in [-0.3, -0.25) is 9.69 Å². The summed E-state index contributed by atoms with van der Waals surface area (Å²) in [6, 6.07) is 5.99. The maximum absolute atomic E-state index is 12.4. The monoisotopic (exact) mass is 276 g/mol. The molecule has 3 nitrogen and oxygen atoms in total. The van der Waals surface area contributed by atoms with Crippen LogP contribution in [0.3, 0.4) is 0 Å². The van der Waals surface area contributed by atoms with Crippen LogP contribution in [0, 0.1) is 13.8 Å². The standard InChI is InChI=1S/C17H28N2O/c1-6-9-19(11-10-18(4)5)13-17(20)16-8-7-14(2)15(3)12-16/h7-8,12H,6,9-11,13H2,1-5H3. The molecule has 0 saturated carbocycles. The lowest BCUT2D eigenvalue weighted by Crippen LogP contribution is -2.36. The van der Waals surface area contributed by atoms with Crippen LogP contribution in [0.15, 0.2) is 18.2 Å². The summed E-state index contributed by atoms with van der Waals surface area (Å²) < 4.78 is 0. The number of likely N-dealkylation sites (N-methyl/N-ethyl adjacent to an activating group) is 1. The highest BCUT2D eigenvalue weighted by atomic mass is 16.1. The summed E-state index contributed by atoms with van der Waals surface area (Å²) in [5, 5.41) is 0. The van der Waals surface area contributed by atoms with Crippen molar-refractivity contribution in [3.63, 3.8) is 0 Å². The zero-order valence-corrected chi connectivity index (χ0v) is 13.6. The summed E-state index contributed by atoms with van der Waals surface area (Å²) in [7, 11) is 4.13. The number of nitrogens with zero attached hydrogens (tertiary/aromatic N) is 2. The Hall–Kier alpha value is -1.19. The van der Waals surface area contributed by atoms with Crippen molar-refractivity contribution in [2.75, 3.05) is 40.3 Å². The van der Waals surface area contributed by atoms with Crippen LogP contribution < -0.4 is 0 Å². The minimum atomic E-state index is 0.223. The molecule has 0 radical (unpaired) electrons. The number of carbonyl (C=O) groups is 1. The second-order valence-electron chi connectivity index (χ2n) is 5.80. The molecule has 0 aliphatic carbocycles. The molecule has 1 rings (SSSR count). The van der Waals surface area contributed by atoms with Gasteiger partial charge in [0.05, 0.1) is 6.54 Å². The third kappa shape index (κ3) is 5.43. The average Bonchev–Trinajstić information content (AvgIpc) is 2.39. The van der Waals surface area contributed by atoms with Gasteiger partial charge in [-0.1, -0.05) is 19.1 Å². The molecule has 0 heterocycles. The van der Waals surface area contributed by atoms with Gasteiger partial charge in [0.15, 0.2) is 5.78 Å². The molecule has 112 valence electrons. The fraction of sp³-hybridized carbons (Fsp3) is 0.588. The highest BCUT2D eigenvalue weighted by Gasteiger charge is 2.12. The molecule has 0 aromatic heterocycles. The Balaban J connectivity index is 2.66. The molecule has 3 heteroatoms. The Morgan fingerprint density at radius 2 is 1.75 bits per heavy atom. The first-order valence-corrected chi connectivity index (χ1v) is 7.41. The Bertz CT molecular complexity index is 441. The Labute approximate surface area is 123 Å². The van der Waals surface area contributed by atoms with E-state index in [0.29, 0.717) is 6.54 Å². The van der Waals surface area contributed by atoms with Crippen LogP contribution in [0.5, 0.6) is 0 Å². The Morgan fingerprint density at radius 1 is 1.05 bits per heavy atom. The summed E-state index contributed by atoms with van der Waals surface area (Å²) >= 11 is 0. The van der Waals surface area contributed by atoms with Crippen molar-refractivity contribution in [2.45, 2.75) is 27.2 Å². The summed E-state index contributed by atoms with van der Waals surface area (Å²) in [5.74, 6) is 0.223. The maximum Gasteiger partial charge on any atom is 0.176 e. The highest BCUT2D eigenvalue weighted by Crippen LogP contribution is 2.11. The second kappa shape index (κ2) is 8.18. The summed E-state index contributed by atoms with van der Waals surface area (Å²) in [6.07, 6.45) is 1.08. The van der Waals surface area contributed by atoms with E-state index in [0.717, 1.165) is 31.6 Å². The van der Waals surface area contributed by atoms with Crippen molar-refractivity contribution in [1.29, 1.82) is 0 Å². The van der Waals surface area contributed by atoms with Crippen molar-refractivity contribution < 1.29 is 4.79 Å². The Morgan fingerprint density at radius 3 is 2.30 bits per heavy atom. The van der Waals surface area contributed by atoms with Crippen LogP contribution >= 0.6 is 0 Å². The van der Waals surface area contributed by atoms with Gasteiger partial charge >= 0.3 is 0 Å². The van der Waals surface area contributed by atoms with E-state index in [1.807, 2.05) is 18.2 Å². The lowest BCUT2D eigenvalue weighted by Gasteiger charge is -2.23. The predicted molar refractivity (Wildman–Crippen MR) is 85.5 cm³/mol. The molecule has 1 aromatic rings. The van der Waals surface area contributed by atoms with Gasteiger partial charge in [-0.15, -0.1) is 0 Å². The molecule has 0 amide bonds. The van der Waals surface area contributed by atoms with E-state index < -0.39 is 0 Å². The smallest absolute Gasteiger partial charge is 0.176 e. The largest absolute Gasteiger partial charge is 0.308 e. The van der Waals surface area contributed by atoms with Crippen LogP contribution in [0.4, 0.5) is 0 Å². The first-order valence-electron chi connectivity index (χ1n) is 7.41. The number of ketones is 1. The molecule has 0 fully saturated rings. The third-order valence-corrected chi connectivity index (χ3v) is 3.60. The maximum atomic E-state index is 12.4. The Kier molecular flexibility index (Phi) is 6.89. The van der Waals surface area contributed by atoms with Gasteiger partial charge in [0.25, 0.3) is 0 Å². The summed E-state index contributed by atoms with van der Waals surface area (Å²) in [5.41, 5.74) is 3.25. The van der Waals surface area contributed by atoms with Gasteiger partial charge in [0, 0.05) is 18.7 Å². The lowest BCUT2D eigenvalue weighted by molar-refractivity contribution is 0.0925. The minimum absolute atomic E-state index is 0.223. The quantitative estimate of drug-likeness (QED) is 0.682. The van der Waals surface area contributed by atoms with Gasteiger partial charge in [-0.25, -0.2) is 0 Å². The molecular formula is C17H28N2O. The molecule has 0 atom stereocenters. The predicted octanol–water partition coefficient (Wildman–Crippen LogP) is 2.76. The van der Waals surface area contributed by atoms with Crippen molar-refractivity contribution in [3.8, 4) is 0 Å². The molecule has 0 saturated heterocycles. The van der Waals surface area contributed by atoms with Crippen molar-refractivity contribution in [1.82, 2.24) is 9.80 Å². The third-order valence-electron chi connectivity index (χ3n) is 3.60. The van der Waals surface area contributed by atoms with Gasteiger partial charge < -0.3 is 4.90 Å². The lowest BCUT2D eigenvalue weighted by atomic mass is 10.0. The zero-order valence-electron chi connectivity index (χ0n) is 13.6. The fourth-order valence-electron chi connectivity index (χ4n) is 2.14. The van der Waals surface area contributed by atoms with E-state index in [1.54, 1.807) is 0 Å². The number of carbonyl (C=O) groups excluding carboxylic acids is 1. The van der Waals surface area contributed by atoms with Crippen molar-refractivity contribution >= 4 is 5.78 Å². The number of benzene rings is 1. The number of hydrogen-bond donors (Lipinski definition) is 0. The second-order valence-corrected chi connectivity index (χ2v) is 5.80. The number of rotatable bonds is 8. The van der Waals surface area contributed by atoms with Crippen molar-refractivity contribution in [2.24, 2.45) is 0 Å². The fourth-order valence-corrected chi connectivity index (χ4v) is 2.14. The van der Waals surface area contributed by atoms with Gasteiger partial charge in [0.1, 0.15) is 0 Å². The number of hydrogen-bond acceptors (Lipinski definition) is 3. The van der Waals surface area contributed by atoms with E-state index in [1.165, 1.54) is 11.1 Å². The van der Waals surface area contributed by atoms with E-state index >= 15 is 0 Å². The highest BCUT2D eigenvalue weighted by molar-refractivity contribution is 5.97. The molecule has 0 unspecified atom stereocenters. The molecule has 0 aliphatic rings. The molecule has 0 spiro atoms. The molecule has 0 N–H and O–H groups in total. The van der Waals surface area contributed by atoms with E-state index in [2.05, 4.69) is 44.7 Å². The molecule has 0 bridgehead atoms. The van der Waals surface area contributed by atoms with E-state index in [-0.39, 0.29) is 5.78 Å². The van der Waals surface area contributed by atoms with E-state index in [4.69, 9.17) is 0 Å². The van der Waals surface area contributed by atoms with Crippen LogP contribution in [0.1, 0.15) is 34.8 Å². The summed E-state index contributed by atoms with van der Waals surface area (Å²) in [6.45, 7) is 9.71. The van der Waals surface area contributed by atoms with E-state index in [9.17, 15) is 4.79 Å². The summed E-state index contributed by atoms with van der Waals surface area (Å²) in [4.78, 5) is 16.8. The molecule has 1 aromatic carbocycles. The topological polar surface area (TPSA) is 23.6 Å². The van der Waals surface area contributed by atoms with Crippen LogP contribution in [-0.2, 0) is 0 Å².